The summed E-state index contributed by atoms with van der Waals surface area (Å²) in [6.07, 6.45) is 0. The largest absolute Gasteiger partial charge is 0.354 e. The number of Topliss-reactive ketones (excluding diaryl/α,β-unsaturated/α-hetero) is 2. The predicted octanol–water partition coefficient (Wildman–Crippen LogP) is 3.61. The number of carbonyl (C=O) groups excluding carboxylic acids is 2. The fourth-order valence-electron chi connectivity index (χ4n) is 2.38. The highest BCUT2D eigenvalue weighted by Crippen LogP contribution is 2.30. The van der Waals surface area contributed by atoms with Crippen molar-refractivity contribution >= 4 is 22.5 Å². The number of H-pyrrole nitrogens is 1. The zero-order valence-electron chi connectivity index (χ0n) is 11.0. The summed E-state index contributed by atoms with van der Waals surface area (Å²) in [6, 6.07) is 17.1. The minimum atomic E-state index is -0.457. The van der Waals surface area contributed by atoms with Crippen molar-refractivity contribution in [2.75, 3.05) is 0 Å². The second-order valence-corrected chi connectivity index (χ2v) is 4.67. The highest BCUT2D eigenvalue weighted by atomic mass is 16.2. The van der Waals surface area contributed by atoms with E-state index in [0.29, 0.717) is 11.3 Å². The van der Waals surface area contributed by atoms with Crippen LogP contribution in [0.5, 0.6) is 0 Å². The van der Waals surface area contributed by atoms with Crippen LogP contribution in [-0.4, -0.2) is 16.6 Å². The van der Waals surface area contributed by atoms with Gasteiger partial charge < -0.3 is 4.98 Å². The number of ketones is 2. The molecule has 0 aliphatic carbocycles. The normalized spacial score (nSPS) is 10.7. The molecule has 0 fully saturated rings. The molecule has 1 N–H and O–H groups in total. The Hall–Kier alpha value is -2.68. The van der Waals surface area contributed by atoms with Crippen molar-refractivity contribution in [3.8, 4) is 11.3 Å². The second kappa shape index (κ2) is 4.78. The molecular formula is C17H13NO2. The number of nitrogens with one attached hydrogen (secondary N) is 1. The van der Waals surface area contributed by atoms with Gasteiger partial charge in [-0.3, -0.25) is 9.59 Å². The molecule has 1 heterocycles. The van der Waals surface area contributed by atoms with Crippen LogP contribution < -0.4 is 0 Å². The minimum Gasteiger partial charge on any atom is -0.354 e. The SMILES string of the molecule is CC(=O)C(=O)c1c(-c2ccccc2)[nH]c2ccccc12. The third-order valence-electron chi connectivity index (χ3n) is 3.32. The number of aromatic amines is 1. The van der Waals surface area contributed by atoms with Gasteiger partial charge in [0.05, 0.1) is 11.3 Å². The monoisotopic (exact) mass is 263 g/mol. The quantitative estimate of drug-likeness (QED) is 0.579. The Balaban J connectivity index is 2.34. The van der Waals surface area contributed by atoms with Gasteiger partial charge in [-0.05, 0) is 11.6 Å². The lowest BCUT2D eigenvalue weighted by molar-refractivity contribution is -0.113. The zero-order chi connectivity index (χ0) is 14.1. The Morgan fingerprint density at radius 3 is 2.25 bits per heavy atom. The van der Waals surface area contributed by atoms with Crippen molar-refractivity contribution < 1.29 is 9.59 Å². The average molecular weight is 263 g/mol. The van der Waals surface area contributed by atoms with Gasteiger partial charge in [0.15, 0.2) is 5.78 Å². The summed E-state index contributed by atoms with van der Waals surface area (Å²) in [5, 5.41) is 0.784. The molecule has 0 aliphatic heterocycles. The van der Waals surface area contributed by atoms with Gasteiger partial charge >= 0.3 is 0 Å². The molecule has 3 rings (SSSR count). The van der Waals surface area contributed by atoms with Crippen LogP contribution in [0.25, 0.3) is 22.2 Å². The van der Waals surface area contributed by atoms with Crippen LogP contribution in [0.3, 0.4) is 0 Å². The highest BCUT2D eigenvalue weighted by molar-refractivity contribution is 6.46. The second-order valence-electron chi connectivity index (χ2n) is 4.67. The first-order chi connectivity index (χ1) is 9.68. The van der Waals surface area contributed by atoms with Gasteiger partial charge in [0.25, 0.3) is 0 Å². The van der Waals surface area contributed by atoms with Crippen molar-refractivity contribution in [1.82, 2.24) is 4.98 Å². The van der Waals surface area contributed by atoms with Crippen LogP contribution >= 0.6 is 0 Å². The molecule has 3 nitrogen and oxygen atoms in total. The lowest BCUT2D eigenvalue weighted by atomic mass is 10.00. The molecule has 2 aromatic carbocycles. The molecule has 0 aliphatic rings. The summed E-state index contributed by atoms with van der Waals surface area (Å²) in [5.74, 6) is -0.909. The number of para-hydroxylation sites is 1. The Labute approximate surface area is 116 Å². The summed E-state index contributed by atoms with van der Waals surface area (Å²) in [5.41, 5.74) is 2.91. The molecule has 3 heteroatoms. The molecule has 0 unspecified atom stereocenters. The molecule has 0 radical (unpaired) electrons. The van der Waals surface area contributed by atoms with Crippen molar-refractivity contribution in [3.63, 3.8) is 0 Å². The maximum atomic E-state index is 12.2. The van der Waals surface area contributed by atoms with E-state index in [1.165, 1.54) is 6.92 Å². The molecule has 98 valence electrons. The number of hydrogen-bond acceptors (Lipinski definition) is 2. The van der Waals surface area contributed by atoms with Gasteiger partial charge in [-0.2, -0.15) is 0 Å². The molecule has 3 aromatic rings. The van der Waals surface area contributed by atoms with Crippen LogP contribution in [0.2, 0.25) is 0 Å². The maximum Gasteiger partial charge on any atom is 0.231 e. The number of rotatable bonds is 3. The fraction of sp³-hybridized carbons (Fsp3) is 0.0588. The third-order valence-corrected chi connectivity index (χ3v) is 3.32. The third kappa shape index (κ3) is 1.93. The fourth-order valence-corrected chi connectivity index (χ4v) is 2.38. The van der Waals surface area contributed by atoms with E-state index in [1.807, 2.05) is 54.6 Å². The molecule has 0 bridgehead atoms. The van der Waals surface area contributed by atoms with E-state index in [2.05, 4.69) is 4.98 Å². The van der Waals surface area contributed by atoms with Crippen molar-refractivity contribution in [2.24, 2.45) is 0 Å². The van der Waals surface area contributed by atoms with Gasteiger partial charge in [0, 0.05) is 17.8 Å². The summed E-state index contributed by atoms with van der Waals surface area (Å²) in [4.78, 5) is 27.0. The average Bonchev–Trinajstić information content (AvgIpc) is 2.86. The lowest BCUT2D eigenvalue weighted by Gasteiger charge is -2.02. The summed E-state index contributed by atoms with van der Waals surface area (Å²) in [7, 11) is 0. The standard InChI is InChI=1S/C17H13NO2/c1-11(19)17(20)15-13-9-5-6-10-14(13)18-16(15)12-7-3-2-4-8-12/h2-10,18H,1H3. The number of carbonyl (C=O) groups is 2. The van der Waals surface area contributed by atoms with E-state index in [4.69, 9.17) is 0 Å². The minimum absolute atomic E-state index is 0.452. The number of hydrogen-bond donors (Lipinski definition) is 1. The first-order valence-corrected chi connectivity index (χ1v) is 6.40. The maximum absolute atomic E-state index is 12.2. The summed E-state index contributed by atoms with van der Waals surface area (Å²) >= 11 is 0. The molecule has 0 atom stereocenters. The zero-order valence-corrected chi connectivity index (χ0v) is 11.0. The Kier molecular flexibility index (Phi) is 2.95. The van der Waals surface area contributed by atoms with Crippen LogP contribution in [-0.2, 0) is 4.79 Å². The molecular weight excluding hydrogens is 250 g/mol. The molecule has 1 aromatic heterocycles. The molecule has 20 heavy (non-hydrogen) atoms. The van der Waals surface area contributed by atoms with Gasteiger partial charge in [-0.1, -0.05) is 48.5 Å². The van der Waals surface area contributed by atoms with Gasteiger partial charge in [0.2, 0.25) is 5.78 Å². The van der Waals surface area contributed by atoms with E-state index in [0.717, 1.165) is 16.5 Å². The van der Waals surface area contributed by atoms with Crippen LogP contribution in [0, 0.1) is 0 Å². The van der Waals surface area contributed by atoms with Crippen LogP contribution in [0.4, 0.5) is 0 Å². The van der Waals surface area contributed by atoms with E-state index < -0.39 is 11.6 Å². The molecule has 0 amide bonds. The van der Waals surface area contributed by atoms with Crippen LogP contribution in [0.15, 0.2) is 54.6 Å². The number of fused-ring (bicyclic) bond motifs is 1. The number of benzene rings is 2. The molecule has 0 spiro atoms. The first-order valence-electron chi connectivity index (χ1n) is 6.40. The summed E-state index contributed by atoms with van der Waals surface area (Å²) in [6.45, 7) is 1.30. The Morgan fingerprint density at radius 2 is 1.55 bits per heavy atom. The molecule has 0 saturated heterocycles. The van der Waals surface area contributed by atoms with Gasteiger partial charge in [0.1, 0.15) is 0 Å². The van der Waals surface area contributed by atoms with Crippen molar-refractivity contribution in [1.29, 1.82) is 0 Å². The molecule has 0 saturated carbocycles. The Morgan fingerprint density at radius 1 is 0.900 bits per heavy atom. The highest BCUT2D eigenvalue weighted by Gasteiger charge is 2.22. The van der Waals surface area contributed by atoms with Gasteiger partial charge in [-0.15, -0.1) is 0 Å². The smallest absolute Gasteiger partial charge is 0.231 e. The predicted molar refractivity (Wildman–Crippen MR) is 78.7 cm³/mol. The topological polar surface area (TPSA) is 49.9 Å². The van der Waals surface area contributed by atoms with E-state index >= 15 is 0 Å². The summed E-state index contributed by atoms with van der Waals surface area (Å²) < 4.78 is 0. The van der Waals surface area contributed by atoms with E-state index in [9.17, 15) is 9.59 Å². The Bertz CT molecular complexity index is 800. The van der Waals surface area contributed by atoms with E-state index in [-0.39, 0.29) is 0 Å². The number of aromatic nitrogens is 1. The lowest BCUT2D eigenvalue weighted by Crippen LogP contribution is -2.10. The van der Waals surface area contributed by atoms with E-state index in [1.54, 1.807) is 0 Å². The van der Waals surface area contributed by atoms with Crippen molar-refractivity contribution in [3.05, 3.63) is 60.2 Å². The first kappa shape index (κ1) is 12.4. The van der Waals surface area contributed by atoms with Gasteiger partial charge in [-0.25, -0.2) is 0 Å². The van der Waals surface area contributed by atoms with Crippen molar-refractivity contribution in [2.45, 2.75) is 6.92 Å². The van der Waals surface area contributed by atoms with Crippen LogP contribution in [0.1, 0.15) is 17.3 Å².